The first kappa shape index (κ1) is 17.4. The maximum atomic E-state index is 14.7. The maximum Gasteiger partial charge on any atom is 0.297 e. The van der Waals surface area contributed by atoms with E-state index in [4.69, 9.17) is 9.47 Å². The minimum absolute atomic E-state index is 0.00686. The van der Waals surface area contributed by atoms with Crippen LogP contribution in [0.3, 0.4) is 0 Å². The second-order valence-electron chi connectivity index (χ2n) is 6.08. The lowest BCUT2D eigenvalue weighted by atomic mass is 9.98. The molecule has 1 aromatic carbocycles. The molecule has 0 aliphatic heterocycles. The largest absolute Gasteiger partial charge is 0.484 e. The van der Waals surface area contributed by atoms with Gasteiger partial charge < -0.3 is 9.47 Å². The van der Waals surface area contributed by atoms with E-state index in [2.05, 4.69) is 4.98 Å². The molecule has 0 radical (unpaired) electrons. The highest BCUT2D eigenvalue weighted by Crippen LogP contribution is 2.33. The van der Waals surface area contributed by atoms with E-state index < -0.39 is 24.6 Å². The molecule has 1 saturated carbocycles. The van der Waals surface area contributed by atoms with Crippen LogP contribution in [0.15, 0.2) is 6.07 Å². The number of nitriles is 1. The molecule has 0 amide bonds. The first-order valence-electron chi connectivity index (χ1n) is 8.18. The summed E-state index contributed by atoms with van der Waals surface area (Å²) in [6, 6.07) is 3.21. The Hall–Kier alpha value is -2.43. The number of hydrogen-bond donors (Lipinski definition) is 0. The number of aromatic nitrogens is 2. The van der Waals surface area contributed by atoms with Crippen LogP contribution in [-0.4, -0.2) is 28.7 Å². The second-order valence-corrected chi connectivity index (χ2v) is 6.08. The van der Waals surface area contributed by atoms with Crippen molar-refractivity contribution in [1.29, 1.82) is 5.26 Å². The Bertz CT molecular complexity index is 808. The van der Waals surface area contributed by atoms with E-state index >= 15 is 0 Å². The second kappa shape index (κ2) is 7.21. The Balaban J connectivity index is 2.00. The molecule has 1 heterocycles. The summed E-state index contributed by atoms with van der Waals surface area (Å²) in [5, 5.41) is 9.28. The summed E-state index contributed by atoms with van der Waals surface area (Å²) in [6.07, 6.45) is 2.38. The van der Waals surface area contributed by atoms with Crippen molar-refractivity contribution in [3.63, 3.8) is 0 Å². The third-order valence-corrected chi connectivity index (χ3v) is 4.32. The third-order valence-electron chi connectivity index (χ3n) is 4.32. The van der Waals surface area contributed by atoms with Crippen molar-refractivity contribution < 1.29 is 22.6 Å². The minimum atomic E-state index is -2.74. The highest BCUT2D eigenvalue weighted by atomic mass is 19.3. The van der Waals surface area contributed by atoms with E-state index in [9.17, 15) is 18.4 Å². The first-order chi connectivity index (χ1) is 12.0. The molecule has 0 atom stereocenters. The standard InChI is InChI=1S/C17H18F3N3O2/c1-23-16-14(20)12(24-9-13(18)19)7-10(8-21)15(16)22-17(23)25-11-5-3-2-4-6-11/h7,11,13H,2-6,9H2,1H3. The van der Waals surface area contributed by atoms with Gasteiger partial charge in [0.2, 0.25) is 0 Å². The SMILES string of the molecule is Cn1c(OC2CCCCC2)nc2c(C#N)cc(OCC(F)F)c(F)c21. The molecule has 2 aromatic rings. The van der Waals surface area contributed by atoms with Gasteiger partial charge in [-0.25, -0.2) is 13.2 Å². The van der Waals surface area contributed by atoms with Gasteiger partial charge in [-0.2, -0.15) is 10.2 Å². The fourth-order valence-corrected chi connectivity index (χ4v) is 3.08. The number of halogens is 3. The highest BCUT2D eigenvalue weighted by Gasteiger charge is 2.24. The van der Waals surface area contributed by atoms with Crippen molar-refractivity contribution in [3.8, 4) is 17.8 Å². The zero-order valence-corrected chi connectivity index (χ0v) is 13.8. The fraction of sp³-hybridized carbons (Fsp3) is 0.529. The Kier molecular flexibility index (Phi) is 5.02. The van der Waals surface area contributed by atoms with Gasteiger partial charge in [-0.05, 0) is 25.7 Å². The van der Waals surface area contributed by atoms with Crippen molar-refractivity contribution >= 4 is 11.0 Å². The van der Waals surface area contributed by atoms with Crippen LogP contribution < -0.4 is 9.47 Å². The summed E-state index contributed by atoms with van der Waals surface area (Å²) in [5.41, 5.74) is 0.196. The Morgan fingerprint density at radius 3 is 2.72 bits per heavy atom. The lowest BCUT2D eigenvalue weighted by Crippen LogP contribution is -2.21. The molecular formula is C17H18F3N3O2. The number of rotatable bonds is 5. The van der Waals surface area contributed by atoms with Gasteiger partial charge in [-0.3, -0.25) is 4.57 Å². The Morgan fingerprint density at radius 2 is 2.08 bits per heavy atom. The lowest BCUT2D eigenvalue weighted by molar-refractivity contribution is 0.0800. The zero-order chi connectivity index (χ0) is 18.0. The number of alkyl halides is 2. The lowest BCUT2D eigenvalue weighted by Gasteiger charge is -2.22. The highest BCUT2D eigenvalue weighted by molar-refractivity contribution is 5.85. The van der Waals surface area contributed by atoms with Crippen molar-refractivity contribution in [1.82, 2.24) is 9.55 Å². The van der Waals surface area contributed by atoms with E-state index in [0.717, 1.165) is 31.7 Å². The van der Waals surface area contributed by atoms with Crippen LogP contribution in [0.2, 0.25) is 0 Å². The smallest absolute Gasteiger partial charge is 0.297 e. The molecular weight excluding hydrogens is 335 g/mol. The molecule has 0 saturated heterocycles. The van der Waals surface area contributed by atoms with Gasteiger partial charge in [0.25, 0.3) is 12.4 Å². The monoisotopic (exact) mass is 353 g/mol. The molecule has 1 aliphatic carbocycles. The van der Waals surface area contributed by atoms with Crippen LogP contribution in [0.5, 0.6) is 11.8 Å². The quantitative estimate of drug-likeness (QED) is 0.817. The molecule has 8 heteroatoms. The van der Waals surface area contributed by atoms with Gasteiger partial charge in [0.05, 0.1) is 5.56 Å². The number of ether oxygens (including phenoxy) is 2. The van der Waals surface area contributed by atoms with Crippen LogP contribution in [0, 0.1) is 17.1 Å². The number of hydrogen-bond acceptors (Lipinski definition) is 4. The van der Waals surface area contributed by atoms with Crippen LogP contribution >= 0.6 is 0 Å². The Labute approximate surface area is 143 Å². The summed E-state index contributed by atoms with van der Waals surface area (Å²) in [5.74, 6) is -1.22. The Morgan fingerprint density at radius 1 is 1.36 bits per heavy atom. The van der Waals surface area contributed by atoms with E-state index in [1.807, 2.05) is 6.07 Å². The van der Waals surface area contributed by atoms with Crippen molar-refractivity contribution in [2.45, 2.75) is 44.6 Å². The van der Waals surface area contributed by atoms with Gasteiger partial charge in [0, 0.05) is 13.1 Å². The van der Waals surface area contributed by atoms with E-state index in [1.54, 1.807) is 7.05 Å². The topological polar surface area (TPSA) is 60.1 Å². The van der Waals surface area contributed by atoms with Crippen LogP contribution in [0.1, 0.15) is 37.7 Å². The van der Waals surface area contributed by atoms with Crippen LogP contribution in [-0.2, 0) is 7.05 Å². The van der Waals surface area contributed by atoms with Crippen LogP contribution in [0.4, 0.5) is 13.2 Å². The third kappa shape index (κ3) is 3.50. The minimum Gasteiger partial charge on any atom is -0.484 e. The van der Waals surface area contributed by atoms with Gasteiger partial charge >= 0.3 is 0 Å². The summed E-state index contributed by atoms with van der Waals surface area (Å²) >= 11 is 0. The average molecular weight is 353 g/mol. The maximum absolute atomic E-state index is 14.7. The zero-order valence-electron chi connectivity index (χ0n) is 13.8. The molecule has 0 spiro atoms. The van der Waals surface area contributed by atoms with Crippen molar-refractivity contribution in [2.24, 2.45) is 7.05 Å². The van der Waals surface area contributed by atoms with Gasteiger partial charge in [0.1, 0.15) is 29.8 Å². The summed E-state index contributed by atoms with van der Waals surface area (Å²) in [4.78, 5) is 4.25. The average Bonchev–Trinajstić information content (AvgIpc) is 2.92. The molecule has 0 N–H and O–H groups in total. The fourth-order valence-electron chi connectivity index (χ4n) is 3.08. The van der Waals surface area contributed by atoms with Crippen molar-refractivity contribution in [2.75, 3.05) is 6.61 Å². The predicted molar refractivity (Wildman–Crippen MR) is 84.4 cm³/mol. The van der Waals surface area contributed by atoms with E-state index in [0.29, 0.717) is 0 Å². The van der Waals surface area contributed by atoms with E-state index in [-0.39, 0.29) is 28.7 Å². The summed E-state index contributed by atoms with van der Waals surface area (Å²) in [6.45, 7) is -0.948. The normalized spacial score (nSPS) is 15.5. The van der Waals surface area contributed by atoms with Crippen molar-refractivity contribution in [3.05, 3.63) is 17.4 Å². The molecule has 1 aliphatic rings. The number of aryl methyl sites for hydroxylation is 1. The molecule has 0 bridgehead atoms. The van der Waals surface area contributed by atoms with Gasteiger partial charge in [-0.1, -0.05) is 6.42 Å². The molecule has 134 valence electrons. The van der Waals surface area contributed by atoms with Gasteiger partial charge in [-0.15, -0.1) is 0 Å². The summed E-state index contributed by atoms with van der Waals surface area (Å²) in [7, 11) is 1.56. The predicted octanol–water partition coefficient (Wildman–Crippen LogP) is 3.94. The number of nitrogens with zero attached hydrogens (tertiary/aromatic N) is 3. The molecule has 0 unspecified atom stereocenters. The molecule has 1 aromatic heterocycles. The number of imidazole rings is 1. The molecule has 3 rings (SSSR count). The molecule has 5 nitrogen and oxygen atoms in total. The van der Waals surface area contributed by atoms with Crippen LogP contribution in [0.25, 0.3) is 11.0 Å². The number of fused-ring (bicyclic) bond motifs is 1. The molecule has 25 heavy (non-hydrogen) atoms. The van der Waals surface area contributed by atoms with Gasteiger partial charge in [0.15, 0.2) is 11.6 Å². The number of benzene rings is 1. The summed E-state index contributed by atoms with van der Waals surface area (Å²) < 4.78 is 51.5. The van der Waals surface area contributed by atoms with E-state index in [1.165, 1.54) is 11.0 Å². The first-order valence-corrected chi connectivity index (χ1v) is 8.18. The molecule has 1 fully saturated rings.